The summed E-state index contributed by atoms with van der Waals surface area (Å²) in [6.07, 6.45) is 9.70. The van der Waals surface area contributed by atoms with Crippen LogP contribution in [0.2, 0.25) is 0 Å². The summed E-state index contributed by atoms with van der Waals surface area (Å²) in [5, 5.41) is 0.997. The Morgan fingerprint density at radius 2 is 1.96 bits per heavy atom. The fraction of sp³-hybridized carbons (Fsp3) is 0.333. The third kappa shape index (κ3) is 3.57. The lowest BCUT2D eigenvalue weighted by molar-refractivity contribution is -0.131. The van der Waals surface area contributed by atoms with Gasteiger partial charge in [-0.3, -0.25) is 19.7 Å². The molecule has 5 nitrogen and oxygen atoms in total. The Kier molecular flexibility index (Phi) is 4.61. The average Bonchev–Trinajstić information content (AvgIpc) is 2.68. The molecule has 1 amide bonds. The molecule has 0 aromatic carbocycles. The number of hydrogen-bond donors (Lipinski definition) is 0. The standard InChI is InChI=1S/C21H22N4O/c1-15-4-7-25(8-5-15)21(26)11-19-10-17-9-18(13-24-20(17)14-23-19)16-3-2-6-22-12-16/h2-3,6,9-10,12-15H,4-5,7-8,11H2,1H3. The van der Waals surface area contributed by atoms with Gasteiger partial charge < -0.3 is 4.90 Å². The van der Waals surface area contributed by atoms with Gasteiger partial charge in [0.15, 0.2) is 0 Å². The van der Waals surface area contributed by atoms with E-state index in [4.69, 9.17) is 0 Å². The van der Waals surface area contributed by atoms with Crippen LogP contribution in [0.3, 0.4) is 0 Å². The number of likely N-dealkylation sites (tertiary alicyclic amines) is 1. The Morgan fingerprint density at radius 3 is 2.73 bits per heavy atom. The van der Waals surface area contributed by atoms with Gasteiger partial charge in [-0.05, 0) is 37.0 Å². The van der Waals surface area contributed by atoms with E-state index in [1.807, 2.05) is 35.5 Å². The van der Waals surface area contributed by atoms with Gasteiger partial charge in [-0.25, -0.2) is 0 Å². The van der Waals surface area contributed by atoms with Gasteiger partial charge in [-0.15, -0.1) is 0 Å². The van der Waals surface area contributed by atoms with E-state index >= 15 is 0 Å². The topological polar surface area (TPSA) is 59.0 Å². The second kappa shape index (κ2) is 7.20. The molecule has 5 heteroatoms. The molecular weight excluding hydrogens is 324 g/mol. The van der Waals surface area contributed by atoms with Crippen LogP contribution in [0.5, 0.6) is 0 Å². The SMILES string of the molecule is CC1CCN(C(=O)Cc2cc3cc(-c4cccnc4)cnc3cn2)CC1. The van der Waals surface area contributed by atoms with Crippen LogP contribution < -0.4 is 0 Å². The lowest BCUT2D eigenvalue weighted by Crippen LogP contribution is -2.38. The van der Waals surface area contributed by atoms with Crippen molar-refractivity contribution in [2.75, 3.05) is 13.1 Å². The van der Waals surface area contributed by atoms with Crippen molar-refractivity contribution in [3.63, 3.8) is 0 Å². The Bertz CT molecular complexity index is 918. The van der Waals surface area contributed by atoms with Crippen molar-refractivity contribution in [1.29, 1.82) is 0 Å². The van der Waals surface area contributed by atoms with Crippen molar-refractivity contribution in [2.45, 2.75) is 26.2 Å². The van der Waals surface area contributed by atoms with Crippen LogP contribution in [-0.2, 0) is 11.2 Å². The fourth-order valence-corrected chi connectivity index (χ4v) is 3.39. The van der Waals surface area contributed by atoms with Gasteiger partial charge in [0.05, 0.1) is 23.8 Å². The summed E-state index contributed by atoms with van der Waals surface area (Å²) in [7, 11) is 0. The summed E-state index contributed by atoms with van der Waals surface area (Å²) in [6, 6.07) is 7.98. The molecule has 1 aliphatic heterocycles. The summed E-state index contributed by atoms with van der Waals surface area (Å²) in [6.45, 7) is 3.97. The zero-order chi connectivity index (χ0) is 17.9. The molecule has 4 rings (SSSR count). The maximum absolute atomic E-state index is 12.6. The molecule has 1 fully saturated rings. The number of hydrogen-bond acceptors (Lipinski definition) is 4. The summed E-state index contributed by atoms with van der Waals surface area (Å²) in [4.78, 5) is 27.6. The van der Waals surface area contributed by atoms with Crippen LogP contribution in [0.15, 0.2) is 49.1 Å². The average molecular weight is 346 g/mol. The van der Waals surface area contributed by atoms with E-state index < -0.39 is 0 Å². The number of piperidine rings is 1. The zero-order valence-corrected chi connectivity index (χ0v) is 14.9. The highest BCUT2D eigenvalue weighted by molar-refractivity contribution is 5.84. The number of nitrogens with zero attached hydrogens (tertiary/aromatic N) is 4. The number of fused-ring (bicyclic) bond motifs is 1. The van der Waals surface area contributed by atoms with E-state index in [2.05, 4.69) is 27.9 Å². The summed E-state index contributed by atoms with van der Waals surface area (Å²) in [5.41, 5.74) is 3.67. The number of carbonyl (C=O) groups excluding carboxylic acids is 1. The molecule has 0 N–H and O–H groups in total. The summed E-state index contributed by atoms with van der Waals surface area (Å²) >= 11 is 0. The van der Waals surface area contributed by atoms with Crippen molar-refractivity contribution in [2.24, 2.45) is 5.92 Å². The molecule has 0 radical (unpaired) electrons. The first-order valence-corrected chi connectivity index (χ1v) is 9.12. The van der Waals surface area contributed by atoms with Crippen LogP contribution in [0.4, 0.5) is 0 Å². The first-order chi connectivity index (χ1) is 12.7. The van der Waals surface area contributed by atoms with Gasteiger partial charge >= 0.3 is 0 Å². The quantitative estimate of drug-likeness (QED) is 0.728. The highest BCUT2D eigenvalue weighted by Gasteiger charge is 2.20. The van der Waals surface area contributed by atoms with Gasteiger partial charge in [0, 0.05) is 48.2 Å². The molecule has 0 bridgehead atoms. The summed E-state index contributed by atoms with van der Waals surface area (Å²) < 4.78 is 0. The van der Waals surface area contributed by atoms with Crippen LogP contribution in [0.25, 0.3) is 22.0 Å². The first kappa shape index (κ1) is 16.6. The van der Waals surface area contributed by atoms with Crippen LogP contribution in [0, 0.1) is 5.92 Å². The minimum absolute atomic E-state index is 0.167. The van der Waals surface area contributed by atoms with E-state index in [9.17, 15) is 4.79 Å². The van der Waals surface area contributed by atoms with Gasteiger partial charge in [0.25, 0.3) is 0 Å². The van der Waals surface area contributed by atoms with E-state index in [1.165, 1.54) is 0 Å². The molecule has 4 heterocycles. The van der Waals surface area contributed by atoms with Crippen LogP contribution >= 0.6 is 0 Å². The number of amides is 1. The normalized spacial score (nSPS) is 15.3. The van der Waals surface area contributed by atoms with Gasteiger partial charge in [-0.1, -0.05) is 13.0 Å². The largest absolute Gasteiger partial charge is 0.342 e. The predicted octanol–water partition coefficient (Wildman–Crippen LogP) is 3.49. The molecule has 0 saturated carbocycles. The highest BCUT2D eigenvalue weighted by Crippen LogP contribution is 2.22. The number of carbonyl (C=O) groups is 1. The second-order valence-corrected chi connectivity index (χ2v) is 7.07. The molecule has 1 aliphatic rings. The lowest BCUT2D eigenvalue weighted by Gasteiger charge is -2.30. The summed E-state index contributed by atoms with van der Waals surface area (Å²) in [5.74, 6) is 0.884. The lowest BCUT2D eigenvalue weighted by atomic mass is 9.99. The molecule has 0 atom stereocenters. The molecule has 1 saturated heterocycles. The van der Waals surface area contributed by atoms with E-state index in [1.54, 1.807) is 12.4 Å². The number of pyridine rings is 3. The Hall–Kier alpha value is -2.82. The molecule has 0 aliphatic carbocycles. The monoisotopic (exact) mass is 346 g/mol. The van der Waals surface area contributed by atoms with Gasteiger partial charge in [0.2, 0.25) is 5.91 Å². The molecule has 3 aromatic heterocycles. The second-order valence-electron chi connectivity index (χ2n) is 7.07. The number of aromatic nitrogens is 3. The van der Waals surface area contributed by atoms with E-state index in [0.717, 1.165) is 59.6 Å². The van der Waals surface area contributed by atoms with Crippen molar-refractivity contribution in [3.05, 3.63) is 54.7 Å². The zero-order valence-electron chi connectivity index (χ0n) is 14.9. The third-order valence-electron chi connectivity index (χ3n) is 5.09. The first-order valence-electron chi connectivity index (χ1n) is 9.12. The number of rotatable bonds is 3. The van der Waals surface area contributed by atoms with E-state index in [0.29, 0.717) is 6.42 Å². The Morgan fingerprint density at radius 1 is 1.12 bits per heavy atom. The van der Waals surface area contributed by atoms with Crippen molar-refractivity contribution >= 4 is 16.8 Å². The van der Waals surface area contributed by atoms with Gasteiger partial charge in [-0.2, -0.15) is 0 Å². The molecule has 0 spiro atoms. The third-order valence-corrected chi connectivity index (χ3v) is 5.09. The Balaban J connectivity index is 1.55. The van der Waals surface area contributed by atoms with E-state index in [-0.39, 0.29) is 5.91 Å². The van der Waals surface area contributed by atoms with Crippen molar-refractivity contribution in [3.8, 4) is 11.1 Å². The smallest absolute Gasteiger partial charge is 0.228 e. The predicted molar refractivity (Wildman–Crippen MR) is 101 cm³/mol. The molecule has 0 unspecified atom stereocenters. The molecule has 132 valence electrons. The maximum atomic E-state index is 12.6. The van der Waals surface area contributed by atoms with Crippen LogP contribution in [0.1, 0.15) is 25.5 Å². The van der Waals surface area contributed by atoms with Crippen molar-refractivity contribution in [1.82, 2.24) is 19.9 Å². The van der Waals surface area contributed by atoms with Crippen molar-refractivity contribution < 1.29 is 4.79 Å². The minimum atomic E-state index is 0.167. The fourth-order valence-electron chi connectivity index (χ4n) is 3.39. The highest BCUT2D eigenvalue weighted by atomic mass is 16.2. The molecular formula is C21H22N4O. The van der Waals surface area contributed by atoms with Gasteiger partial charge in [0.1, 0.15) is 0 Å². The molecule has 3 aromatic rings. The van der Waals surface area contributed by atoms with Crippen LogP contribution in [-0.4, -0.2) is 38.8 Å². The molecule has 26 heavy (non-hydrogen) atoms. The maximum Gasteiger partial charge on any atom is 0.228 e. The Labute approximate surface area is 153 Å². The minimum Gasteiger partial charge on any atom is -0.342 e.